The van der Waals surface area contributed by atoms with E-state index < -0.39 is 15.8 Å². The second kappa shape index (κ2) is 7.40. The summed E-state index contributed by atoms with van der Waals surface area (Å²) in [5, 5.41) is 2.03. The van der Waals surface area contributed by atoms with Gasteiger partial charge in [-0.15, -0.1) is 11.3 Å². The summed E-state index contributed by atoms with van der Waals surface area (Å²) >= 11 is 13.0. The van der Waals surface area contributed by atoms with Crippen LogP contribution in [0.1, 0.15) is 0 Å². The summed E-state index contributed by atoms with van der Waals surface area (Å²) in [5.41, 5.74) is 1.25. The molecule has 0 saturated heterocycles. The van der Waals surface area contributed by atoms with Gasteiger partial charge < -0.3 is 4.74 Å². The number of anilines is 1. The molecule has 1 N–H and O–H groups in total. The maximum Gasteiger partial charge on any atom is 0.265 e. The first kappa shape index (κ1) is 18.9. The lowest BCUT2D eigenvalue weighted by atomic mass is 10.2. The van der Waals surface area contributed by atoms with Crippen molar-refractivity contribution >= 4 is 49.7 Å². The van der Waals surface area contributed by atoms with E-state index in [2.05, 4.69) is 9.71 Å². The van der Waals surface area contributed by atoms with Crippen molar-refractivity contribution in [2.75, 3.05) is 11.8 Å². The molecule has 0 amide bonds. The SMILES string of the molecule is COc1ccc(-c2csc(NS(=O)(=O)c3ccc(F)cc3Cl)n2)cc1Cl. The van der Waals surface area contributed by atoms with Crippen LogP contribution in [0.2, 0.25) is 10.0 Å². The monoisotopic (exact) mass is 432 g/mol. The van der Waals surface area contributed by atoms with Gasteiger partial charge in [0.2, 0.25) is 0 Å². The molecule has 0 atom stereocenters. The lowest BCUT2D eigenvalue weighted by Crippen LogP contribution is -2.13. The number of methoxy groups -OCH3 is 1. The van der Waals surface area contributed by atoms with Crippen molar-refractivity contribution in [2.24, 2.45) is 0 Å². The summed E-state index contributed by atoms with van der Waals surface area (Å²) in [6, 6.07) is 8.17. The maximum atomic E-state index is 13.1. The fourth-order valence-corrected chi connectivity index (χ4v) is 4.90. The van der Waals surface area contributed by atoms with Gasteiger partial charge in [-0.05, 0) is 36.4 Å². The van der Waals surface area contributed by atoms with E-state index >= 15 is 0 Å². The predicted octanol–water partition coefficient (Wildman–Crippen LogP) is 5.07. The highest BCUT2D eigenvalue weighted by atomic mass is 35.5. The van der Waals surface area contributed by atoms with Gasteiger partial charge in [0.15, 0.2) is 5.13 Å². The van der Waals surface area contributed by atoms with E-state index in [0.717, 1.165) is 29.5 Å². The van der Waals surface area contributed by atoms with Crippen LogP contribution in [-0.2, 0) is 10.0 Å². The Morgan fingerprint density at radius 3 is 2.58 bits per heavy atom. The first-order valence-electron chi connectivity index (χ1n) is 7.07. The zero-order valence-electron chi connectivity index (χ0n) is 13.2. The van der Waals surface area contributed by atoms with E-state index in [4.69, 9.17) is 27.9 Å². The Morgan fingerprint density at radius 1 is 1.15 bits per heavy atom. The Bertz CT molecular complexity index is 1070. The average Bonchev–Trinajstić information content (AvgIpc) is 3.02. The van der Waals surface area contributed by atoms with Gasteiger partial charge in [0, 0.05) is 10.9 Å². The molecule has 0 unspecified atom stereocenters. The second-order valence-corrected chi connectivity index (χ2v) is 8.39. The van der Waals surface area contributed by atoms with Crippen LogP contribution in [0.4, 0.5) is 9.52 Å². The molecule has 5 nitrogen and oxygen atoms in total. The molecule has 0 saturated carbocycles. The number of sulfonamides is 1. The molecule has 1 heterocycles. The third-order valence-electron chi connectivity index (χ3n) is 3.36. The molecule has 1 aromatic heterocycles. The Hall–Kier alpha value is -1.87. The van der Waals surface area contributed by atoms with Gasteiger partial charge in [-0.2, -0.15) is 0 Å². The summed E-state index contributed by atoms with van der Waals surface area (Å²) in [6.07, 6.45) is 0. The molecule has 3 rings (SSSR count). The zero-order valence-corrected chi connectivity index (χ0v) is 16.3. The minimum atomic E-state index is -4.00. The summed E-state index contributed by atoms with van der Waals surface area (Å²) < 4.78 is 45.4. The smallest absolute Gasteiger partial charge is 0.265 e. The van der Waals surface area contributed by atoms with Gasteiger partial charge in [-0.3, -0.25) is 4.72 Å². The van der Waals surface area contributed by atoms with Gasteiger partial charge in [0.25, 0.3) is 10.0 Å². The summed E-state index contributed by atoms with van der Waals surface area (Å²) in [6.45, 7) is 0. The van der Waals surface area contributed by atoms with E-state index in [-0.39, 0.29) is 15.0 Å². The highest BCUT2D eigenvalue weighted by Crippen LogP contribution is 2.32. The third-order valence-corrected chi connectivity index (χ3v) is 6.36. The molecule has 10 heteroatoms. The van der Waals surface area contributed by atoms with Crippen molar-refractivity contribution < 1.29 is 17.5 Å². The van der Waals surface area contributed by atoms with Gasteiger partial charge >= 0.3 is 0 Å². The van der Waals surface area contributed by atoms with Gasteiger partial charge in [-0.1, -0.05) is 23.2 Å². The summed E-state index contributed by atoms with van der Waals surface area (Å²) in [5.74, 6) is -0.0978. The number of aromatic nitrogens is 1. The minimum absolute atomic E-state index is 0.146. The zero-order chi connectivity index (χ0) is 18.9. The summed E-state index contributed by atoms with van der Waals surface area (Å²) in [4.78, 5) is 4.01. The lowest BCUT2D eigenvalue weighted by molar-refractivity contribution is 0.415. The maximum absolute atomic E-state index is 13.1. The normalized spacial score (nSPS) is 11.4. The van der Waals surface area contributed by atoms with Gasteiger partial charge in [0.05, 0.1) is 22.8 Å². The van der Waals surface area contributed by atoms with Crippen LogP contribution in [0.15, 0.2) is 46.7 Å². The summed E-state index contributed by atoms with van der Waals surface area (Å²) in [7, 11) is -2.48. The Labute approximate surface area is 163 Å². The largest absolute Gasteiger partial charge is 0.495 e. The van der Waals surface area contributed by atoms with Crippen LogP contribution in [-0.4, -0.2) is 20.5 Å². The number of thiazole rings is 1. The molecule has 136 valence electrons. The van der Waals surface area contributed by atoms with Crippen LogP contribution in [0.25, 0.3) is 11.3 Å². The number of benzene rings is 2. The highest BCUT2D eigenvalue weighted by Gasteiger charge is 2.20. The van der Waals surface area contributed by atoms with Gasteiger partial charge in [-0.25, -0.2) is 17.8 Å². The minimum Gasteiger partial charge on any atom is -0.495 e. The number of hydrogen-bond donors (Lipinski definition) is 1. The van der Waals surface area contributed by atoms with Crippen LogP contribution in [0.5, 0.6) is 5.75 Å². The lowest BCUT2D eigenvalue weighted by Gasteiger charge is -2.07. The molecule has 0 aliphatic rings. The molecule has 0 fully saturated rings. The Kier molecular flexibility index (Phi) is 5.38. The molecular weight excluding hydrogens is 422 g/mol. The number of rotatable bonds is 5. The molecule has 0 bridgehead atoms. The quantitative estimate of drug-likeness (QED) is 0.611. The molecular formula is C16H11Cl2FN2O3S2. The van der Waals surface area contributed by atoms with Crippen LogP contribution >= 0.6 is 34.5 Å². The molecule has 2 aromatic carbocycles. The number of nitrogens with one attached hydrogen (secondary N) is 1. The average molecular weight is 433 g/mol. The second-order valence-electron chi connectivity index (χ2n) is 5.07. The third kappa shape index (κ3) is 3.93. The Morgan fingerprint density at radius 2 is 1.92 bits per heavy atom. The van der Waals surface area contributed by atoms with Crippen molar-refractivity contribution in [2.45, 2.75) is 4.90 Å². The van der Waals surface area contributed by atoms with Gasteiger partial charge in [0.1, 0.15) is 16.5 Å². The van der Waals surface area contributed by atoms with Crippen LogP contribution in [0, 0.1) is 5.82 Å². The van der Waals surface area contributed by atoms with E-state index in [1.165, 1.54) is 7.11 Å². The van der Waals surface area contributed by atoms with E-state index in [1.807, 2.05) is 0 Å². The molecule has 0 radical (unpaired) electrons. The number of ether oxygens (including phenoxy) is 1. The number of nitrogens with zero attached hydrogens (tertiary/aromatic N) is 1. The Balaban J connectivity index is 1.87. The van der Waals surface area contributed by atoms with Crippen molar-refractivity contribution in [3.8, 4) is 17.0 Å². The predicted molar refractivity (Wildman–Crippen MR) is 101 cm³/mol. The molecule has 0 aliphatic heterocycles. The fraction of sp³-hybridized carbons (Fsp3) is 0.0625. The van der Waals surface area contributed by atoms with Crippen molar-refractivity contribution in [3.63, 3.8) is 0 Å². The molecule has 0 aliphatic carbocycles. The first-order chi connectivity index (χ1) is 12.3. The van der Waals surface area contributed by atoms with Crippen LogP contribution in [0.3, 0.4) is 0 Å². The van der Waals surface area contributed by atoms with Crippen LogP contribution < -0.4 is 9.46 Å². The molecule has 3 aromatic rings. The standard InChI is InChI=1S/C16H11Cl2FN2O3S2/c1-24-14-4-2-9(6-11(14)17)13-8-25-16(20-13)21-26(22,23)15-5-3-10(19)7-12(15)18/h2-8H,1H3,(H,20,21). The van der Waals surface area contributed by atoms with E-state index in [1.54, 1.807) is 23.6 Å². The topological polar surface area (TPSA) is 68.3 Å². The highest BCUT2D eigenvalue weighted by molar-refractivity contribution is 7.93. The number of halogens is 3. The fourth-order valence-electron chi connectivity index (χ4n) is 2.14. The molecule has 0 spiro atoms. The molecule has 26 heavy (non-hydrogen) atoms. The van der Waals surface area contributed by atoms with Crippen molar-refractivity contribution in [1.82, 2.24) is 4.98 Å². The van der Waals surface area contributed by atoms with E-state index in [0.29, 0.717) is 22.0 Å². The van der Waals surface area contributed by atoms with Crippen molar-refractivity contribution in [1.29, 1.82) is 0 Å². The number of hydrogen-bond acceptors (Lipinski definition) is 5. The van der Waals surface area contributed by atoms with E-state index in [9.17, 15) is 12.8 Å². The van der Waals surface area contributed by atoms with Crippen molar-refractivity contribution in [3.05, 3.63) is 57.6 Å². The first-order valence-corrected chi connectivity index (χ1v) is 10.2.